The Bertz CT molecular complexity index is 908. The number of hydrogen-bond donors (Lipinski definition) is 14. The van der Waals surface area contributed by atoms with Crippen LogP contribution in [0.5, 0.6) is 0 Å². The minimum atomic E-state index is -1.71. The smallest absolute Gasteiger partial charge is 0.249 e. The van der Waals surface area contributed by atoms with Crippen LogP contribution >= 0.6 is 0 Å². The lowest BCUT2D eigenvalue weighted by molar-refractivity contribution is -0.303. The minimum absolute atomic E-state index is 0.0247. The van der Waals surface area contributed by atoms with Gasteiger partial charge in [-0.2, -0.15) is 0 Å². The van der Waals surface area contributed by atoms with Crippen molar-refractivity contribution in [3.8, 4) is 0 Å². The second-order valence-electron chi connectivity index (χ2n) is 12.2. The van der Waals surface area contributed by atoms with Crippen LogP contribution in [-0.4, -0.2) is 183 Å². The number of likely N-dealkylation sites (N-methyl/N-ethyl adjacent to an activating group) is 1. The average Bonchev–Trinajstić information content (AvgIpc) is 2.96. The molecular formula is C26H51N5O13. The highest BCUT2D eigenvalue weighted by Gasteiger charge is 2.56. The first-order valence-corrected chi connectivity index (χ1v) is 14.8. The van der Waals surface area contributed by atoms with Gasteiger partial charge in [0, 0.05) is 25.0 Å². The summed E-state index contributed by atoms with van der Waals surface area (Å²) in [6.07, 6.45) is -16.0. The van der Waals surface area contributed by atoms with Gasteiger partial charge in [-0.15, -0.1) is 0 Å². The van der Waals surface area contributed by atoms with Gasteiger partial charge >= 0.3 is 0 Å². The molecule has 2 aliphatic heterocycles. The van der Waals surface area contributed by atoms with E-state index in [0.29, 0.717) is 0 Å². The molecule has 2 heterocycles. The van der Waals surface area contributed by atoms with Gasteiger partial charge in [0.15, 0.2) is 6.29 Å². The van der Waals surface area contributed by atoms with Gasteiger partial charge in [0.2, 0.25) is 5.91 Å². The summed E-state index contributed by atoms with van der Waals surface area (Å²) in [7, 11) is 1.52. The van der Waals surface area contributed by atoms with Crippen LogP contribution in [0.3, 0.4) is 0 Å². The van der Waals surface area contributed by atoms with Crippen molar-refractivity contribution in [1.82, 2.24) is 16.0 Å². The lowest BCUT2D eigenvalue weighted by atomic mass is 9.72. The van der Waals surface area contributed by atoms with Crippen molar-refractivity contribution >= 4 is 5.91 Å². The summed E-state index contributed by atoms with van der Waals surface area (Å²) in [4.78, 5) is 12.7. The number of nitrogens with two attached hydrogens (primary N) is 2. The summed E-state index contributed by atoms with van der Waals surface area (Å²) in [6, 6.07) is -2.94. The molecule has 1 amide bonds. The molecule has 3 rings (SSSR count). The van der Waals surface area contributed by atoms with Crippen LogP contribution in [0.15, 0.2) is 0 Å². The number of ether oxygens (including phenoxy) is 3. The predicted octanol–water partition coefficient (Wildman–Crippen LogP) is -7.88. The van der Waals surface area contributed by atoms with Gasteiger partial charge in [0.05, 0.1) is 49.7 Å². The maximum absolute atomic E-state index is 12.7. The third-order valence-electron chi connectivity index (χ3n) is 8.72. The first-order valence-electron chi connectivity index (χ1n) is 14.8. The topological polar surface area (TPSA) is 315 Å². The first-order chi connectivity index (χ1) is 20.7. The molecule has 16 atom stereocenters. The van der Waals surface area contributed by atoms with Crippen molar-refractivity contribution < 1.29 is 65.0 Å². The molecule has 1 aliphatic carbocycles. The molecule has 0 aromatic heterocycles. The summed E-state index contributed by atoms with van der Waals surface area (Å²) < 4.78 is 17.6. The van der Waals surface area contributed by atoms with E-state index in [1.54, 1.807) is 0 Å². The second-order valence-corrected chi connectivity index (χ2v) is 12.2. The summed E-state index contributed by atoms with van der Waals surface area (Å²) in [5.41, 5.74) is 10.4. The van der Waals surface area contributed by atoms with E-state index in [4.69, 9.17) is 30.8 Å². The van der Waals surface area contributed by atoms with Crippen molar-refractivity contribution in [1.29, 1.82) is 0 Å². The van der Waals surface area contributed by atoms with Gasteiger partial charge in [-0.3, -0.25) is 4.79 Å². The van der Waals surface area contributed by atoms with Crippen molar-refractivity contribution in [3.63, 3.8) is 0 Å². The first kappa shape index (κ1) is 37.3. The Morgan fingerprint density at radius 3 is 2.39 bits per heavy atom. The van der Waals surface area contributed by atoms with Gasteiger partial charge in [-0.1, -0.05) is 0 Å². The fraction of sp³-hybridized carbons (Fsp3) is 0.962. The normalized spacial score (nSPS) is 44.6. The molecule has 16 N–H and O–H groups in total. The summed E-state index contributed by atoms with van der Waals surface area (Å²) in [5.74, 6) is -1.97. The quantitative estimate of drug-likeness (QED) is 0.0887. The Kier molecular flexibility index (Phi) is 13.6. The van der Waals surface area contributed by atoms with E-state index in [2.05, 4.69) is 16.0 Å². The average molecular weight is 642 g/mol. The highest BCUT2D eigenvalue weighted by Crippen LogP contribution is 2.37. The maximum atomic E-state index is 12.7. The molecule has 0 radical (unpaired) electrons. The molecule has 0 aromatic carbocycles. The molecule has 16 unspecified atom stereocenters. The number of nitrogens with one attached hydrogen (secondary N) is 3. The summed E-state index contributed by atoms with van der Waals surface area (Å²) >= 11 is 0. The molecule has 1 saturated carbocycles. The summed E-state index contributed by atoms with van der Waals surface area (Å²) in [6.45, 7) is 0.542. The van der Waals surface area contributed by atoms with Gasteiger partial charge in [0.1, 0.15) is 42.2 Å². The lowest BCUT2D eigenvalue weighted by Gasteiger charge is -2.52. The van der Waals surface area contributed by atoms with E-state index < -0.39 is 109 Å². The fourth-order valence-corrected chi connectivity index (χ4v) is 6.26. The Morgan fingerprint density at radius 1 is 1.09 bits per heavy atom. The maximum Gasteiger partial charge on any atom is 0.249 e. The number of carbonyl (C=O) groups excluding carboxylic acids is 1. The third-order valence-corrected chi connectivity index (χ3v) is 8.72. The number of rotatable bonds is 13. The van der Waals surface area contributed by atoms with Crippen LogP contribution in [0.4, 0.5) is 0 Å². The van der Waals surface area contributed by atoms with Crippen molar-refractivity contribution in [3.05, 3.63) is 0 Å². The van der Waals surface area contributed by atoms with E-state index in [-0.39, 0.29) is 39.1 Å². The van der Waals surface area contributed by atoms with Crippen LogP contribution in [-0.2, 0) is 19.0 Å². The highest BCUT2D eigenvalue weighted by atomic mass is 16.7. The zero-order valence-corrected chi connectivity index (χ0v) is 24.9. The molecule has 0 bridgehead atoms. The van der Waals surface area contributed by atoms with E-state index in [1.165, 1.54) is 14.0 Å². The lowest BCUT2D eigenvalue weighted by Crippen LogP contribution is -2.71. The van der Waals surface area contributed by atoms with Crippen molar-refractivity contribution in [2.75, 3.05) is 39.9 Å². The van der Waals surface area contributed by atoms with Crippen molar-refractivity contribution in [2.24, 2.45) is 17.4 Å². The number of aliphatic hydroxyl groups excluding tert-OH is 8. The molecule has 0 spiro atoms. The van der Waals surface area contributed by atoms with Gasteiger partial charge in [0.25, 0.3) is 0 Å². The summed E-state index contributed by atoms with van der Waals surface area (Å²) in [5, 5.41) is 102. The van der Waals surface area contributed by atoms with E-state index in [9.17, 15) is 45.6 Å². The molecule has 3 fully saturated rings. The highest BCUT2D eigenvalue weighted by molar-refractivity contribution is 5.80. The van der Waals surface area contributed by atoms with E-state index in [1.807, 2.05) is 0 Å². The molecule has 0 aromatic rings. The van der Waals surface area contributed by atoms with Gasteiger partial charge in [-0.25, -0.2) is 0 Å². The molecule has 2 saturated heterocycles. The van der Waals surface area contributed by atoms with Crippen LogP contribution in [0.2, 0.25) is 0 Å². The standard InChI is InChI=1S/C26H51N5O13/c1-26(41)9-42-25(20(39)23(26)29-2)44-21-12(31-24(40)13(34)3-4-27)5-11(28)15(17(21)36)22-19(38)18(37)16(35)14(43-22)7-30-6-10(33)8-32/h10-23,25,29-30,32-39,41H,3-9,27-28H2,1-2H3,(H,31,40). The Morgan fingerprint density at radius 2 is 1.77 bits per heavy atom. The number of amides is 1. The second kappa shape index (κ2) is 16.1. The monoisotopic (exact) mass is 641 g/mol. The SMILES string of the molecule is CNC1C(O)C(OC2C(NC(=O)C(O)CCN)CC(N)C(C3OC(CNCC(O)CO)C(O)C(O)C3O)C2O)OCC1(C)O. The molecule has 18 nitrogen and oxygen atoms in total. The van der Waals surface area contributed by atoms with Gasteiger partial charge < -0.3 is 87.6 Å². The molecule has 18 heteroatoms. The molecule has 258 valence electrons. The number of aliphatic hydroxyl groups is 9. The van der Waals surface area contributed by atoms with Crippen LogP contribution in [0.1, 0.15) is 19.8 Å². The molecule has 3 aliphatic rings. The zero-order chi connectivity index (χ0) is 32.9. The molecular weight excluding hydrogens is 590 g/mol. The van der Waals surface area contributed by atoms with Gasteiger partial charge in [-0.05, 0) is 33.4 Å². The number of carbonyl (C=O) groups is 1. The van der Waals surface area contributed by atoms with Crippen LogP contribution in [0.25, 0.3) is 0 Å². The third kappa shape index (κ3) is 8.40. The zero-order valence-electron chi connectivity index (χ0n) is 24.9. The fourth-order valence-electron chi connectivity index (χ4n) is 6.26. The largest absolute Gasteiger partial charge is 0.394 e. The van der Waals surface area contributed by atoms with Crippen molar-refractivity contribution in [2.45, 2.75) is 111 Å². The predicted molar refractivity (Wildman–Crippen MR) is 150 cm³/mol. The Balaban J connectivity index is 1.87. The Hall–Kier alpha value is -1.17. The van der Waals surface area contributed by atoms with Crippen LogP contribution < -0.4 is 27.4 Å². The van der Waals surface area contributed by atoms with E-state index in [0.717, 1.165) is 0 Å². The van der Waals surface area contributed by atoms with E-state index >= 15 is 0 Å². The Labute approximate surface area is 255 Å². The molecule has 44 heavy (non-hydrogen) atoms. The van der Waals surface area contributed by atoms with Crippen LogP contribution in [0, 0.1) is 5.92 Å². The number of hydrogen-bond acceptors (Lipinski definition) is 17. The minimum Gasteiger partial charge on any atom is -0.394 e.